The lowest BCUT2D eigenvalue weighted by Gasteiger charge is -2.38. The van der Waals surface area contributed by atoms with Crippen LogP contribution in [0.25, 0.3) is 0 Å². The van der Waals surface area contributed by atoms with Crippen molar-refractivity contribution in [3.05, 3.63) is 0 Å². The van der Waals surface area contributed by atoms with Gasteiger partial charge in [-0.3, -0.25) is 4.79 Å². The molecule has 1 amide bonds. The molecule has 1 aliphatic heterocycles. The summed E-state index contributed by atoms with van der Waals surface area (Å²) in [4.78, 5) is 23.3. The van der Waals surface area contributed by atoms with Crippen LogP contribution in [0.2, 0.25) is 0 Å². The summed E-state index contributed by atoms with van der Waals surface area (Å²) in [7, 11) is 0. The van der Waals surface area contributed by atoms with Gasteiger partial charge in [0, 0.05) is 0 Å². The SMILES string of the molecule is CC(C)C(NC(=O)C1NCCCC1(C)C)C(=O)O. The predicted molar refractivity (Wildman–Crippen MR) is 69.2 cm³/mol. The number of aliphatic carboxylic acids is 1. The van der Waals surface area contributed by atoms with Crippen molar-refractivity contribution in [3.8, 4) is 0 Å². The topological polar surface area (TPSA) is 78.4 Å². The van der Waals surface area contributed by atoms with Crippen molar-refractivity contribution < 1.29 is 14.7 Å². The monoisotopic (exact) mass is 256 g/mol. The van der Waals surface area contributed by atoms with Crippen LogP contribution in [0.1, 0.15) is 40.5 Å². The highest BCUT2D eigenvalue weighted by molar-refractivity contribution is 5.87. The van der Waals surface area contributed by atoms with Crippen LogP contribution in [0.5, 0.6) is 0 Å². The van der Waals surface area contributed by atoms with Gasteiger partial charge in [-0.15, -0.1) is 0 Å². The minimum Gasteiger partial charge on any atom is -0.480 e. The summed E-state index contributed by atoms with van der Waals surface area (Å²) in [6.07, 6.45) is 2.01. The highest BCUT2D eigenvalue weighted by Gasteiger charge is 2.38. The van der Waals surface area contributed by atoms with E-state index in [0.29, 0.717) is 0 Å². The van der Waals surface area contributed by atoms with Gasteiger partial charge in [-0.05, 0) is 30.7 Å². The van der Waals surface area contributed by atoms with Gasteiger partial charge in [-0.1, -0.05) is 27.7 Å². The fourth-order valence-corrected chi connectivity index (χ4v) is 2.41. The van der Waals surface area contributed by atoms with E-state index in [1.54, 1.807) is 13.8 Å². The summed E-state index contributed by atoms with van der Waals surface area (Å²) in [5, 5.41) is 14.9. The molecule has 0 spiro atoms. The Bertz CT molecular complexity index is 326. The summed E-state index contributed by atoms with van der Waals surface area (Å²) in [5.74, 6) is -1.31. The van der Waals surface area contributed by atoms with Crippen LogP contribution in [0, 0.1) is 11.3 Å². The second-order valence-corrected chi connectivity index (χ2v) is 6.05. The third-order valence-corrected chi connectivity index (χ3v) is 3.62. The number of amides is 1. The average molecular weight is 256 g/mol. The van der Waals surface area contributed by atoms with Gasteiger partial charge in [0.15, 0.2) is 0 Å². The molecule has 1 heterocycles. The highest BCUT2D eigenvalue weighted by atomic mass is 16.4. The number of nitrogens with one attached hydrogen (secondary N) is 2. The van der Waals surface area contributed by atoms with Gasteiger partial charge in [0.2, 0.25) is 5.91 Å². The van der Waals surface area contributed by atoms with Crippen molar-refractivity contribution in [2.45, 2.75) is 52.6 Å². The molecule has 1 aliphatic rings. The maximum absolute atomic E-state index is 12.2. The van der Waals surface area contributed by atoms with E-state index in [1.165, 1.54) is 0 Å². The Kier molecular flexibility index (Phi) is 4.73. The largest absolute Gasteiger partial charge is 0.480 e. The zero-order chi connectivity index (χ0) is 13.9. The minimum absolute atomic E-state index is 0.127. The van der Waals surface area contributed by atoms with Crippen LogP contribution in [-0.2, 0) is 9.59 Å². The maximum Gasteiger partial charge on any atom is 0.326 e. The minimum atomic E-state index is -0.980. The second-order valence-electron chi connectivity index (χ2n) is 6.05. The smallest absolute Gasteiger partial charge is 0.326 e. The zero-order valence-corrected chi connectivity index (χ0v) is 11.6. The molecule has 5 heteroatoms. The van der Waals surface area contributed by atoms with Gasteiger partial charge in [0.25, 0.3) is 0 Å². The molecule has 2 atom stereocenters. The number of carboxylic acid groups (broad SMARTS) is 1. The Balaban J connectivity index is 2.71. The van der Waals surface area contributed by atoms with E-state index in [2.05, 4.69) is 10.6 Å². The lowest BCUT2D eigenvalue weighted by Crippen LogP contribution is -2.58. The van der Waals surface area contributed by atoms with Crippen LogP contribution in [-0.4, -0.2) is 35.6 Å². The first-order chi connectivity index (χ1) is 8.25. The summed E-state index contributed by atoms with van der Waals surface area (Å²) in [6, 6.07) is -1.14. The van der Waals surface area contributed by atoms with E-state index in [-0.39, 0.29) is 23.3 Å². The third kappa shape index (κ3) is 3.45. The fraction of sp³-hybridized carbons (Fsp3) is 0.846. The zero-order valence-electron chi connectivity index (χ0n) is 11.6. The van der Waals surface area contributed by atoms with Crippen LogP contribution in [0.3, 0.4) is 0 Å². The Hall–Kier alpha value is -1.10. The number of rotatable bonds is 4. The molecule has 1 rings (SSSR count). The Labute approximate surface area is 108 Å². The lowest BCUT2D eigenvalue weighted by molar-refractivity contribution is -0.144. The molecular weight excluding hydrogens is 232 g/mol. The van der Waals surface area contributed by atoms with E-state index in [1.807, 2.05) is 13.8 Å². The van der Waals surface area contributed by atoms with Crippen LogP contribution in [0.4, 0.5) is 0 Å². The summed E-state index contributed by atoms with van der Waals surface area (Å²) in [6.45, 7) is 8.46. The van der Waals surface area contributed by atoms with E-state index < -0.39 is 12.0 Å². The van der Waals surface area contributed by atoms with E-state index in [0.717, 1.165) is 19.4 Å². The second kappa shape index (κ2) is 5.69. The van der Waals surface area contributed by atoms with Crippen molar-refractivity contribution in [2.75, 3.05) is 6.54 Å². The van der Waals surface area contributed by atoms with Crippen LogP contribution >= 0.6 is 0 Å². The first kappa shape index (κ1) is 15.0. The third-order valence-electron chi connectivity index (χ3n) is 3.62. The highest BCUT2D eigenvalue weighted by Crippen LogP contribution is 2.30. The van der Waals surface area contributed by atoms with Gasteiger partial charge in [0.05, 0.1) is 6.04 Å². The van der Waals surface area contributed by atoms with Gasteiger partial charge in [-0.2, -0.15) is 0 Å². The summed E-state index contributed by atoms with van der Waals surface area (Å²) < 4.78 is 0. The lowest BCUT2D eigenvalue weighted by atomic mass is 9.77. The first-order valence-corrected chi connectivity index (χ1v) is 6.52. The molecule has 0 aliphatic carbocycles. The van der Waals surface area contributed by atoms with Gasteiger partial charge in [-0.25, -0.2) is 4.79 Å². The molecule has 0 bridgehead atoms. The number of carbonyl (C=O) groups is 2. The van der Waals surface area contributed by atoms with Crippen molar-refractivity contribution >= 4 is 11.9 Å². The molecule has 18 heavy (non-hydrogen) atoms. The van der Waals surface area contributed by atoms with Gasteiger partial charge in [0.1, 0.15) is 6.04 Å². The Morgan fingerprint density at radius 2 is 2.00 bits per heavy atom. The number of hydrogen-bond acceptors (Lipinski definition) is 3. The molecule has 0 aromatic carbocycles. The standard InChI is InChI=1S/C13H24N2O3/c1-8(2)9(12(17)18)15-11(16)10-13(3,4)6-5-7-14-10/h8-10,14H,5-7H2,1-4H3,(H,15,16)(H,17,18). The van der Waals surface area contributed by atoms with E-state index in [9.17, 15) is 9.59 Å². The van der Waals surface area contributed by atoms with Crippen LogP contribution < -0.4 is 10.6 Å². The molecule has 0 aromatic rings. The molecule has 2 unspecified atom stereocenters. The quantitative estimate of drug-likeness (QED) is 0.701. The molecule has 0 radical (unpaired) electrons. The van der Waals surface area contributed by atoms with Crippen molar-refractivity contribution in [1.29, 1.82) is 0 Å². The predicted octanol–water partition coefficient (Wildman–Crippen LogP) is 0.990. The van der Waals surface area contributed by atoms with Gasteiger partial charge < -0.3 is 15.7 Å². The van der Waals surface area contributed by atoms with E-state index >= 15 is 0 Å². The molecule has 0 saturated carbocycles. The molecule has 5 nitrogen and oxygen atoms in total. The maximum atomic E-state index is 12.2. The van der Waals surface area contributed by atoms with Crippen LogP contribution in [0.15, 0.2) is 0 Å². The Morgan fingerprint density at radius 3 is 2.44 bits per heavy atom. The number of hydrogen-bond donors (Lipinski definition) is 3. The molecule has 3 N–H and O–H groups in total. The number of carbonyl (C=O) groups excluding carboxylic acids is 1. The fourth-order valence-electron chi connectivity index (χ4n) is 2.41. The first-order valence-electron chi connectivity index (χ1n) is 6.52. The molecule has 104 valence electrons. The normalized spacial score (nSPS) is 24.6. The molecule has 1 saturated heterocycles. The number of carboxylic acids is 1. The van der Waals surface area contributed by atoms with E-state index in [4.69, 9.17) is 5.11 Å². The van der Waals surface area contributed by atoms with Crippen molar-refractivity contribution in [2.24, 2.45) is 11.3 Å². The summed E-state index contributed by atoms with van der Waals surface area (Å²) >= 11 is 0. The summed E-state index contributed by atoms with van der Waals surface area (Å²) in [5.41, 5.74) is -0.137. The van der Waals surface area contributed by atoms with Gasteiger partial charge >= 0.3 is 5.97 Å². The van der Waals surface area contributed by atoms with Crippen molar-refractivity contribution in [3.63, 3.8) is 0 Å². The molecule has 0 aromatic heterocycles. The Morgan fingerprint density at radius 1 is 1.39 bits per heavy atom. The number of piperidine rings is 1. The average Bonchev–Trinajstić information content (AvgIpc) is 2.23. The van der Waals surface area contributed by atoms with Crippen molar-refractivity contribution in [1.82, 2.24) is 10.6 Å². The molecular formula is C13H24N2O3. The molecule has 1 fully saturated rings.